The minimum Gasteiger partial charge on any atom is -0.481 e. The van der Waals surface area contributed by atoms with Crippen molar-refractivity contribution in [2.45, 2.75) is 19.7 Å². The van der Waals surface area contributed by atoms with Crippen LogP contribution < -0.4 is 4.74 Å². The van der Waals surface area contributed by atoms with Crippen molar-refractivity contribution in [3.8, 4) is 5.88 Å². The van der Waals surface area contributed by atoms with E-state index in [1.807, 2.05) is 0 Å². The number of carbonyl (C=O) groups is 1. The molecule has 0 saturated heterocycles. The minimum absolute atomic E-state index is 0.104. The van der Waals surface area contributed by atoms with Crippen molar-refractivity contribution in [2.75, 3.05) is 0 Å². The SMILES string of the molecule is Cc1cc(CC(=O)O)c(OC(F)(F)F)nc1I. The zero-order chi connectivity index (χ0) is 13.2. The van der Waals surface area contributed by atoms with Crippen LogP contribution in [0.25, 0.3) is 0 Å². The molecule has 0 bridgehead atoms. The fraction of sp³-hybridized carbons (Fsp3) is 0.333. The van der Waals surface area contributed by atoms with Gasteiger partial charge < -0.3 is 9.84 Å². The first-order valence-electron chi connectivity index (χ1n) is 4.32. The van der Waals surface area contributed by atoms with Crippen molar-refractivity contribution in [3.63, 3.8) is 0 Å². The monoisotopic (exact) mass is 361 g/mol. The van der Waals surface area contributed by atoms with Crippen LogP contribution in [0.15, 0.2) is 6.07 Å². The molecule has 1 rings (SSSR count). The molecule has 1 N–H and O–H groups in total. The van der Waals surface area contributed by atoms with Crippen LogP contribution in [-0.2, 0) is 11.2 Å². The Balaban J connectivity index is 3.16. The van der Waals surface area contributed by atoms with Gasteiger partial charge in [-0.3, -0.25) is 4.79 Å². The Morgan fingerprint density at radius 1 is 1.59 bits per heavy atom. The number of pyridine rings is 1. The van der Waals surface area contributed by atoms with E-state index < -0.39 is 24.6 Å². The van der Waals surface area contributed by atoms with Crippen LogP contribution in [0.1, 0.15) is 11.1 Å². The molecule has 0 aliphatic rings. The van der Waals surface area contributed by atoms with Crippen LogP contribution in [-0.4, -0.2) is 22.4 Å². The normalized spacial score (nSPS) is 11.4. The van der Waals surface area contributed by atoms with E-state index in [0.29, 0.717) is 9.26 Å². The number of rotatable bonds is 3. The van der Waals surface area contributed by atoms with Gasteiger partial charge in [0.2, 0.25) is 5.88 Å². The lowest BCUT2D eigenvalue weighted by atomic mass is 10.1. The lowest BCUT2D eigenvalue weighted by molar-refractivity contribution is -0.276. The first-order valence-corrected chi connectivity index (χ1v) is 5.40. The molecule has 0 aliphatic carbocycles. The smallest absolute Gasteiger partial charge is 0.481 e. The third-order valence-electron chi connectivity index (χ3n) is 1.74. The van der Waals surface area contributed by atoms with Gasteiger partial charge in [0, 0.05) is 5.56 Å². The summed E-state index contributed by atoms with van der Waals surface area (Å²) < 4.78 is 40.3. The number of nitrogens with zero attached hydrogens (tertiary/aromatic N) is 1. The largest absolute Gasteiger partial charge is 0.574 e. The Morgan fingerprint density at radius 3 is 2.65 bits per heavy atom. The van der Waals surface area contributed by atoms with Gasteiger partial charge in [0.1, 0.15) is 3.70 Å². The highest BCUT2D eigenvalue weighted by atomic mass is 127. The molecular weight excluding hydrogens is 354 g/mol. The van der Waals surface area contributed by atoms with Crippen LogP contribution in [0.5, 0.6) is 5.88 Å². The average Bonchev–Trinajstić information content (AvgIpc) is 2.10. The molecule has 1 aromatic rings. The Hall–Kier alpha value is -1.06. The predicted octanol–water partition coefficient (Wildman–Crippen LogP) is 2.52. The third kappa shape index (κ3) is 4.36. The number of ether oxygens (including phenoxy) is 1. The quantitative estimate of drug-likeness (QED) is 0.664. The number of hydrogen-bond donors (Lipinski definition) is 1. The number of hydrogen-bond acceptors (Lipinski definition) is 3. The van der Waals surface area contributed by atoms with E-state index in [0.717, 1.165) is 0 Å². The Labute approximate surface area is 108 Å². The fourth-order valence-electron chi connectivity index (χ4n) is 1.12. The van der Waals surface area contributed by atoms with E-state index in [9.17, 15) is 18.0 Å². The van der Waals surface area contributed by atoms with Crippen molar-refractivity contribution in [1.29, 1.82) is 0 Å². The molecule has 94 valence electrons. The summed E-state index contributed by atoms with van der Waals surface area (Å²) in [5, 5.41) is 8.58. The fourth-order valence-corrected chi connectivity index (χ4v) is 1.49. The number of carboxylic acids is 1. The highest BCUT2D eigenvalue weighted by Crippen LogP contribution is 2.27. The van der Waals surface area contributed by atoms with Crippen LogP contribution >= 0.6 is 22.6 Å². The van der Waals surface area contributed by atoms with E-state index in [1.165, 1.54) is 6.07 Å². The molecule has 0 aliphatic heterocycles. The van der Waals surface area contributed by atoms with Crippen molar-refractivity contribution in [3.05, 3.63) is 20.9 Å². The van der Waals surface area contributed by atoms with Crippen molar-refractivity contribution >= 4 is 28.6 Å². The molecule has 1 heterocycles. The lowest BCUT2D eigenvalue weighted by Crippen LogP contribution is -2.20. The number of aliphatic carboxylic acids is 1. The summed E-state index contributed by atoms with van der Waals surface area (Å²) in [5.41, 5.74) is 0.490. The van der Waals surface area contributed by atoms with E-state index in [1.54, 1.807) is 29.5 Å². The van der Waals surface area contributed by atoms with Crippen LogP contribution in [0.2, 0.25) is 0 Å². The van der Waals surface area contributed by atoms with Crippen molar-refractivity contribution < 1.29 is 27.8 Å². The van der Waals surface area contributed by atoms with E-state index in [2.05, 4.69) is 9.72 Å². The standard InChI is InChI=1S/C9H7F3INO3/c1-4-2-5(3-6(15)16)8(14-7(4)13)17-9(10,11)12/h2H,3H2,1H3,(H,15,16). The second kappa shape index (κ2) is 5.07. The van der Waals surface area contributed by atoms with Gasteiger partial charge in [-0.15, -0.1) is 13.2 Å². The van der Waals surface area contributed by atoms with Gasteiger partial charge in [0.25, 0.3) is 0 Å². The van der Waals surface area contributed by atoms with Gasteiger partial charge in [-0.2, -0.15) is 0 Å². The second-order valence-corrected chi connectivity index (χ2v) is 4.20. The second-order valence-electron chi connectivity index (χ2n) is 3.18. The predicted molar refractivity (Wildman–Crippen MR) is 59.7 cm³/mol. The molecule has 4 nitrogen and oxygen atoms in total. The summed E-state index contributed by atoms with van der Waals surface area (Å²) in [6, 6.07) is 1.32. The molecule has 0 radical (unpaired) electrons. The van der Waals surface area contributed by atoms with E-state index in [-0.39, 0.29) is 5.56 Å². The van der Waals surface area contributed by atoms with E-state index in [4.69, 9.17) is 5.11 Å². The molecule has 0 unspecified atom stereocenters. The summed E-state index contributed by atoms with van der Waals surface area (Å²) in [7, 11) is 0. The van der Waals surface area contributed by atoms with Crippen LogP contribution in [0.4, 0.5) is 13.2 Å². The highest BCUT2D eigenvalue weighted by molar-refractivity contribution is 14.1. The van der Waals surface area contributed by atoms with Crippen molar-refractivity contribution in [1.82, 2.24) is 4.98 Å². The number of alkyl halides is 3. The zero-order valence-corrected chi connectivity index (χ0v) is 10.7. The van der Waals surface area contributed by atoms with Crippen molar-refractivity contribution in [2.24, 2.45) is 0 Å². The topological polar surface area (TPSA) is 59.4 Å². The highest BCUT2D eigenvalue weighted by Gasteiger charge is 2.33. The summed E-state index contributed by atoms with van der Waals surface area (Å²) >= 11 is 1.75. The third-order valence-corrected chi connectivity index (χ3v) is 2.84. The van der Waals surface area contributed by atoms with Gasteiger partial charge in [-0.25, -0.2) is 4.98 Å². The molecule has 0 saturated carbocycles. The Bertz CT molecular complexity index is 448. The van der Waals surface area contributed by atoms with Gasteiger partial charge in [0.05, 0.1) is 6.42 Å². The van der Waals surface area contributed by atoms with Gasteiger partial charge >= 0.3 is 12.3 Å². The molecule has 17 heavy (non-hydrogen) atoms. The molecule has 0 spiro atoms. The molecule has 0 aromatic carbocycles. The van der Waals surface area contributed by atoms with Gasteiger partial charge in [-0.05, 0) is 41.1 Å². The lowest BCUT2D eigenvalue weighted by Gasteiger charge is -2.12. The number of aromatic nitrogens is 1. The molecular formula is C9H7F3INO3. The summed E-state index contributed by atoms with van der Waals surface area (Å²) in [5.74, 6) is -1.96. The molecule has 0 fully saturated rings. The molecule has 0 atom stereocenters. The maximum absolute atomic E-state index is 12.1. The first-order chi connectivity index (χ1) is 7.69. The minimum atomic E-state index is -4.89. The Kier molecular flexibility index (Phi) is 4.17. The maximum Gasteiger partial charge on any atom is 0.574 e. The molecule has 8 heteroatoms. The van der Waals surface area contributed by atoms with Gasteiger partial charge in [-0.1, -0.05) is 0 Å². The van der Waals surface area contributed by atoms with Gasteiger partial charge in [0.15, 0.2) is 0 Å². The summed E-state index contributed by atoms with van der Waals surface area (Å²) in [6.07, 6.45) is -5.46. The number of halogens is 4. The average molecular weight is 361 g/mol. The van der Waals surface area contributed by atoms with Crippen LogP contribution in [0.3, 0.4) is 0 Å². The molecule has 0 amide bonds. The number of aryl methyl sites for hydroxylation is 1. The van der Waals surface area contributed by atoms with Crippen LogP contribution in [0, 0.1) is 10.6 Å². The summed E-state index contributed by atoms with van der Waals surface area (Å²) in [6.45, 7) is 1.62. The van der Waals surface area contributed by atoms with E-state index >= 15 is 0 Å². The molecule has 1 aromatic heterocycles. The summed E-state index contributed by atoms with van der Waals surface area (Å²) in [4.78, 5) is 14.1. The maximum atomic E-state index is 12.1. The zero-order valence-electron chi connectivity index (χ0n) is 8.51. The number of carboxylic acid groups (broad SMARTS) is 1. The first kappa shape index (κ1) is 14.0. The Morgan fingerprint density at radius 2 is 2.18 bits per heavy atom.